The topological polar surface area (TPSA) is 66.6 Å². The van der Waals surface area contributed by atoms with Crippen LogP contribution in [0.15, 0.2) is 24.3 Å². The number of likely N-dealkylation sites (tertiary alicyclic amines) is 1. The highest BCUT2D eigenvalue weighted by atomic mass is 16.3. The van der Waals surface area contributed by atoms with E-state index in [0.29, 0.717) is 25.4 Å². The fourth-order valence-corrected chi connectivity index (χ4v) is 2.14. The Morgan fingerprint density at radius 2 is 1.94 bits per heavy atom. The largest absolute Gasteiger partial charge is 0.392 e. The van der Waals surface area contributed by atoms with E-state index in [4.69, 9.17) is 10.8 Å². The van der Waals surface area contributed by atoms with Gasteiger partial charge in [-0.25, -0.2) is 0 Å². The average molecular weight is 234 g/mol. The number of nitrogens with two attached hydrogens (primary N) is 1. The molecule has 1 aromatic rings. The lowest BCUT2D eigenvalue weighted by Crippen LogP contribution is -2.25. The summed E-state index contributed by atoms with van der Waals surface area (Å²) in [5.41, 5.74) is 7.56. The maximum atomic E-state index is 11.7. The molecule has 1 amide bonds. The van der Waals surface area contributed by atoms with Crippen molar-refractivity contribution in [3.8, 4) is 0 Å². The molecule has 0 aliphatic carbocycles. The molecule has 1 fully saturated rings. The second-order valence-electron chi connectivity index (χ2n) is 4.55. The third kappa shape index (κ3) is 2.84. The van der Waals surface area contributed by atoms with Crippen LogP contribution in [0.5, 0.6) is 0 Å². The number of amides is 1. The summed E-state index contributed by atoms with van der Waals surface area (Å²) in [6.45, 7) is 2.03. The van der Waals surface area contributed by atoms with E-state index in [-0.39, 0.29) is 12.5 Å². The normalized spacial score (nSPS) is 20.0. The number of rotatable bonds is 4. The molecule has 1 aromatic carbocycles. The summed E-state index contributed by atoms with van der Waals surface area (Å²) in [5, 5.41) is 8.94. The first-order valence-electron chi connectivity index (χ1n) is 5.89. The highest BCUT2D eigenvalue weighted by molar-refractivity contribution is 5.78. The molecule has 1 heterocycles. The van der Waals surface area contributed by atoms with Crippen molar-refractivity contribution in [1.82, 2.24) is 4.90 Å². The lowest BCUT2D eigenvalue weighted by Gasteiger charge is -2.16. The quantitative estimate of drug-likeness (QED) is 0.796. The molecule has 4 heteroatoms. The monoisotopic (exact) mass is 234 g/mol. The molecule has 0 spiro atoms. The van der Waals surface area contributed by atoms with E-state index in [1.54, 1.807) is 0 Å². The molecule has 0 bridgehead atoms. The molecule has 1 aliphatic rings. The second-order valence-corrected chi connectivity index (χ2v) is 4.55. The molecule has 1 atom stereocenters. The fourth-order valence-electron chi connectivity index (χ4n) is 2.14. The number of hydrogen-bond donors (Lipinski definition) is 2. The molecule has 92 valence electrons. The molecule has 4 nitrogen and oxygen atoms in total. The molecule has 0 saturated carbocycles. The minimum atomic E-state index is 0.0537. The number of carbonyl (C=O) groups excluding carboxylic acids is 1. The van der Waals surface area contributed by atoms with Gasteiger partial charge in [-0.1, -0.05) is 24.3 Å². The number of nitrogens with zero attached hydrogens (tertiary/aromatic N) is 1. The van der Waals surface area contributed by atoms with E-state index < -0.39 is 0 Å². The van der Waals surface area contributed by atoms with Crippen LogP contribution in [-0.2, 0) is 17.9 Å². The summed E-state index contributed by atoms with van der Waals surface area (Å²) in [5.74, 6) is 0.492. The summed E-state index contributed by atoms with van der Waals surface area (Å²) in [7, 11) is 0. The van der Waals surface area contributed by atoms with E-state index in [1.807, 2.05) is 29.2 Å². The van der Waals surface area contributed by atoms with Crippen molar-refractivity contribution >= 4 is 5.91 Å². The molecule has 2 rings (SSSR count). The molecule has 0 radical (unpaired) electrons. The Kier molecular flexibility index (Phi) is 3.76. The van der Waals surface area contributed by atoms with Crippen molar-refractivity contribution < 1.29 is 9.90 Å². The molecule has 1 saturated heterocycles. The number of hydrogen-bond acceptors (Lipinski definition) is 3. The Morgan fingerprint density at radius 1 is 1.29 bits per heavy atom. The van der Waals surface area contributed by atoms with Crippen LogP contribution >= 0.6 is 0 Å². The molecule has 17 heavy (non-hydrogen) atoms. The molecule has 0 aromatic heterocycles. The Labute approximate surface area is 101 Å². The highest BCUT2D eigenvalue weighted by Gasteiger charge is 2.28. The fraction of sp³-hybridized carbons (Fsp3) is 0.462. The third-order valence-electron chi connectivity index (χ3n) is 3.21. The first kappa shape index (κ1) is 12.1. The van der Waals surface area contributed by atoms with E-state index in [0.717, 1.165) is 17.7 Å². The summed E-state index contributed by atoms with van der Waals surface area (Å²) in [6.07, 6.45) is 0.575. The van der Waals surface area contributed by atoms with Gasteiger partial charge >= 0.3 is 0 Å². The van der Waals surface area contributed by atoms with Gasteiger partial charge in [0.15, 0.2) is 0 Å². The van der Waals surface area contributed by atoms with Crippen LogP contribution in [0.3, 0.4) is 0 Å². The number of benzene rings is 1. The summed E-state index contributed by atoms with van der Waals surface area (Å²) < 4.78 is 0. The zero-order valence-electron chi connectivity index (χ0n) is 9.80. The lowest BCUT2D eigenvalue weighted by molar-refractivity contribution is -0.128. The van der Waals surface area contributed by atoms with Crippen LogP contribution in [0.4, 0.5) is 0 Å². The van der Waals surface area contributed by atoms with Gasteiger partial charge in [-0.05, 0) is 23.6 Å². The smallest absolute Gasteiger partial charge is 0.223 e. The van der Waals surface area contributed by atoms with Crippen molar-refractivity contribution in [1.29, 1.82) is 0 Å². The van der Waals surface area contributed by atoms with Gasteiger partial charge in [0, 0.05) is 19.5 Å². The zero-order valence-corrected chi connectivity index (χ0v) is 9.80. The van der Waals surface area contributed by atoms with Crippen LogP contribution in [0.25, 0.3) is 0 Å². The van der Waals surface area contributed by atoms with Gasteiger partial charge in [0.05, 0.1) is 6.61 Å². The minimum absolute atomic E-state index is 0.0537. The number of aliphatic hydroxyl groups is 1. The van der Waals surface area contributed by atoms with Gasteiger partial charge in [-0.15, -0.1) is 0 Å². The predicted molar refractivity (Wildman–Crippen MR) is 64.9 cm³/mol. The second kappa shape index (κ2) is 5.29. The molecular weight excluding hydrogens is 216 g/mol. The SMILES string of the molecule is NCC1CC(=O)N(Cc2ccc(CO)cc2)C1. The zero-order chi connectivity index (χ0) is 12.3. The van der Waals surface area contributed by atoms with Gasteiger partial charge in [0.1, 0.15) is 0 Å². The maximum absolute atomic E-state index is 11.7. The number of carbonyl (C=O) groups is 1. The van der Waals surface area contributed by atoms with Crippen molar-refractivity contribution in [2.75, 3.05) is 13.1 Å². The first-order chi connectivity index (χ1) is 8.22. The van der Waals surface area contributed by atoms with Crippen LogP contribution in [0.2, 0.25) is 0 Å². The highest BCUT2D eigenvalue weighted by Crippen LogP contribution is 2.19. The van der Waals surface area contributed by atoms with Crippen molar-refractivity contribution in [3.63, 3.8) is 0 Å². The average Bonchev–Trinajstić information content (AvgIpc) is 2.71. The van der Waals surface area contributed by atoms with Crippen molar-refractivity contribution in [3.05, 3.63) is 35.4 Å². The minimum Gasteiger partial charge on any atom is -0.392 e. The van der Waals surface area contributed by atoms with Gasteiger partial charge in [0.2, 0.25) is 5.91 Å². The standard InChI is InChI=1S/C13H18N2O2/c14-6-12-5-13(17)15(8-12)7-10-1-3-11(9-16)4-2-10/h1-4,12,16H,5-9,14H2. The maximum Gasteiger partial charge on any atom is 0.223 e. The van der Waals surface area contributed by atoms with Crippen LogP contribution in [0, 0.1) is 5.92 Å². The molecule has 3 N–H and O–H groups in total. The molecule has 1 aliphatic heterocycles. The van der Waals surface area contributed by atoms with Crippen LogP contribution < -0.4 is 5.73 Å². The van der Waals surface area contributed by atoms with Gasteiger partial charge < -0.3 is 15.7 Å². The number of aliphatic hydroxyl groups excluding tert-OH is 1. The third-order valence-corrected chi connectivity index (χ3v) is 3.21. The van der Waals surface area contributed by atoms with Crippen molar-refractivity contribution in [2.24, 2.45) is 11.7 Å². The summed E-state index contributed by atoms with van der Waals surface area (Å²) >= 11 is 0. The van der Waals surface area contributed by atoms with Crippen molar-refractivity contribution in [2.45, 2.75) is 19.6 Å². The summed E-state index contributed by atoms with van der Waals surface area (Å²) in [6, 6.07) is 7.68. The van der Waals surface area contributed by atoms with E-state index in [1.165, 1.54) is 0 Å². The van der Waals surface area contributed by atoms with Gasteiger partial charge in [-0.2, -0.15) is 0 Å². The predicted octanol–water partition coefficient (Wildman–Crippen LogP) is 0.486. The van der Waals surface area contributed by atoms with E-state index in [2.05, 4.69) is 0 Å². The summed E-state index contributed by atoms with van der Waals surface area (Å²) in [4.78, 5) is 13.6. The van der Waals surface area contributed by atoms with E-state index >= 15 is 0 Å². The Hall–Kier alpha value is -1.39. The Morgan fingerprint density at radius 3 is 2.47 bits per heavy atom. The van der Waals surface area contributed by atoms with Gasteiger partial charge in [-0.3, -0.25) is 4.79 Å². The van der Waals surface area contributed by atoms with Gasteiger partial charge in [0.25, 0.3) is 0 Å². The molecular formula is C13H18N2O2. The molecule has 1 unspecified atom stereocenters. The van der Waals surface area contributed by atoms with E-state index in [9.17, 15) is 4.79 Å². The Balaban J connectivity index is 1.98. The first-order valence-corrected chi connectivity index (χ1v) is 5.89. The van der Waals surface area contributed by atoms with Crippen LogP contribution in [-0.4, -0.2) is 29.0 Å². The van der Waals surface area contributed by atoms with Crippen LogP contribution in [0.1, 0.15) is 17.5 Å². The Bertz CT molecular complexity index is 389. The lowest BCUT2D eigenvalue weighted by atomic mass is 10.1.